The fourth-order valence-electron chi connectivity index (χ4n) is 2.99. The van der Waals surface area contributed by atoms with Crippen LogP contribution in [0.1, 0.15) is 27.6 Å². The van der Waals surface area contributed by atoms with Gasteiger partial charge in [-0.2, -0.15) is 0 Å². The summed E-state index contributed by atoms with van der Waals surface area (Å²) >= 11 is 8.66. The van der Waals surface area contributed by atoms with Crippen molar-refractivity contribution in [1.82, 2.24) is 5.32 Å². The molecule has 3 aromatic rings. The molecular weight excluding hydrogens is 490 g/mol. The maximum absolute atomic E-state index is 12.9. The molecule has 164 valence electrons. The van der Waals surface area contributed by atoms with Crippen molar-refractivity contribution in [3.63, 3.8) is 0 Å². The fraction of sp³-hybridized carbons (Fsp3) is 0.125. The van der Waals surface area contributed by atoms with Crippen molar-refractivity contribution in [2.24, 2.45) is 0 Å². The average Bonchev–Trinajstić information content (AvgIpc) is 2.80. The first-order valence-corrected chi connectivity index (χ1v) is 11.1. The van der Waals surface area contributed by atoms with Crippen LogP contribution in [0.2, 0.25) is 0 Å². The Hall–Kier alpha value is -3.23. The van der Waals surface area contributed by atoms with E-state index in [1.54, 1.807) is 54.4 Å². The molecule has 3 aromatic carbocycles. The topological polar surface area (TPSA) is 70.7 Å². The molecule has 0 aliphatic heterocycles. The highest BCUT2D eigenvalue weighted by molar-refractivity contribution is 9.10. The number of thiocarbonyl (C=S) groups is 1. The highest BCUT2D eigenvalue weighted by Gasteiger charge is 2.16. The Balaban J connectivity index is 1.69. The minimum atomic E-state index is -0.400. The Labute approximate surface area is 200 Å². The van der Waals surface area contributed by atoms with Gasteiger partial charge in [0.2, 0.25) is 0 Å². The monoisotopic (exact) mass is 511 g/mol. The number of benzene rings is 3. The van der Waals surface area contributed by atoms with Gasteiger partial charge in [-0.3, -0.25) is 14.9 Å². The summed E-state index contributed by atoms with van der Waals surface area (Å²) in [7, 11) is 1.72. The first kappa shape index (κ1) is 23.4. The molecule has 6 nitrogen and oxygen atoms in total. The molecular formula is C24H22BrN3O3S. The maximum Gasteiger partial charge on any atom is 0.261 e. The van der Waals surface area contributed by atoms with Crippen molar-refractivity contribution >= 4 is 56.4 Å². The lowest BCUT2D eigenvalue weighted by molar-refractivity contribution is 0.0970. The van der Waals surface area contributed by atoms with Crippen molar-refractivity contribution in [1.29, 1.82) is 0 Å². The normalized spacial score (nSPS) is 10.2. The smallest absolute Gasteiger partial charge is 0.261 e. The molecule has 0 aliphatic carbocycles. The van der Waals surface area contributed by atoms with E-state index in [1.165, 1.54) is 0 Å². The van der Waals surface area contributed by atoms with Crippen LogP contribution in [0.25, 0.3) is 0 Å². The summed E-state index contributed by atoms with van der Waals surface area (Å²) in [4.78, 5) is 27.1. The van der Waals surface area contributed by atoms with Crippen molar-refractivity contribution < 1.29 is 14.3 Å². The number of carbonyl (C=O) groups excluding carboxylic acids is 2. The molecule has 0 spiro atoms. The molecule has 2 amide bonds. The van der Waals surface area contributed by atoms with E-state index < -0.39 is 5.91 Å². The summed E-state index contributed by atoms with van der Waals surface area (Å²) in [5.41, 5.74) is 2.22. The highest BCUT2D eigenvalue weighted by Crippen LogP contribution is 2.23. The Kier molecular flexibility index (Phi) is 7.97. The highest BCUT2D eigenvalue weighted by atomic mass is 79.9. The summed E-state index contributed by atoms with van der Waals surface area (Å²) in [6.45, 7) is 2.28. The minimum Gasteiger partial charge on any atom is -0.493 e. The van der Waals surface area contributed by atoms with Crippen molar-refractivity contribution in [3.05, 3.63) is 88.4 Å². The van der Waals surface area contributed by atoms with Crippen LogP contribution in [0.3, 0.4) is 0 Å². The summed E-state index contributed by atoms with van der Waals surface area (Å²) in [6, 6.07) is 21.5. The van der Waals surface area contributed by atoms with E-state index in [-0.39, 0.29) is 11.0 Å². The van der Waals surface area contributed by atoms with Gasteiger partial charge in [0.25, 0.3) is 11.8 Å². The maximum atomic E-state index is 12.9. The number of amides is 2. The molecule has 2 N–H and O–H groups in total. The standard InChI is InChI=1S/C24H22BrN3O3S/c1-3-31-21-13-12-17(25)15-20(21)22(29)27-24(32)26-18-9-7-8-16(14-18)23(30)28(2)19-10-5-4-6-11-19/h4-15H,3H2,1-2H3,(H2,26,27,29,32). The largest absolute Gasteiger partial charge is 0.493 e. The number of nitrogens with zero attached hydrogens (tertiary/aromatic N) is 1. The Morgan fingerprint density at radius 2 is 1.78 bits per heavy atom. The van der Waals surface area contributed by atoms with Crippen LogP contribution >= 0.6 is 28.1 Å². The fourth-order valence-corrected chi connectivity index (χ4v) is 3.56. The van der Waals surface area contributed by atoms with E-state index in [9.17, 15) is 9.59 Å². The van der Waals surface area contributed by atoms with E-state index >= 15 is 0 Å². The molecule has 0 saturated heterocycles. The molecule has 0 aromatic heterocycles. The average molecular weight is 512 g/mol. The first-order chi connectivity index (χ1) is 15.4. The third kappa shape index (κ3) is 5.93. The van der Waals surface area contributed by atoms with Gasteiger partial charge in [-0.15, -0.1) is 0 Å². The number of nitrogens with one attached hydrogen (secondary N) is 2. The van der Waals surface area contributed by atoms with Gasteiger partial charge in [0.1, 0.15) is 5.75 Å². The second-order valence-corrected chi connectivity index (χ2v) is 8.09. The van der Waals surface area contributed by atoms with E-state index in [4.69, 9.17) is 17.0 Å². The second kappa shape index (κ2) is 10.9. The van der Waals surface area contributed by atoms with E-state index in [1.807, 2.05) is 37.3 Å². The molecule has 0 unspecified atom stereocenters. The van der Waals surface area contributed by atoms with Crippen LogP contribution in [0, 0.1) is 0 Å². The van der Waals surface area contributed by atoms with Crippen LogP contribution in [-0.4, -0.2) is 30.6 Å². The van der Waals surface area contributed by atoms with Crippen LogP contribution < -0.4 is 20.3 Å². The van der Waals surface area contributed by atoms with Gasteiger partial charge in [0.05, 0.1) is 12.2 Å². The zero-order chi connectivity index (χ0) is 23.1. The minimum absolute atomic E-state index is 0.110. The lowest BCUT2D eigenvalue weighted by Gasteiger charge is -2.18. The van der Waals surface area contributed by atoms with Gasteiger partial charge in [0, 0.05) is 28.5 Å². The number of carbonyl (C=O) groups is 2. The predicted molar refractivity (Wildman–Crippen MR) is 135 cm³/mol. The number of hydrogen-bond donors (Lipinski definition) is 2. The number of hydrogen-bond acceptors (Lipinski definition) is 4. The third-order valence-electron chi connectivity index (χ3n) is 4.53. The second-order valence-electron chi connectivity index (χ2n) is 6.76. The molecule has 0 radical (unpaired) electrons. The Bertz CT molecular complexity index is 1140. The molecule has 0 fully saturated rings. The zero-order valence-corrected chi connectivity index (χ0v) is 20.0. The number of rotatable bonds is 6. The zero-order valence-electron chi connectivity index (χ0n) is 17.6. The van der Waals surface area contributed by atoms with Gasteiger partial charge in [0.15, 0.2) is 5.11 Å². The summed E-state index contributed by atoms with van der Waals surface area (Å²) in [5.74, 6) is -0.0962. The third-order valence-corrected chi connectivity index (χ3v) is 5.23. The van der Waals surface area contributed by atoms with Gasteiger partial charge in [-0.1, -0.05) is 40.2 Å². The molecule has 0 heterocycles. The van der Waals surface area contributed by atoms with Crippen molar-refractivity contribution in [3.8, 4) is 5.75 Å². The Morgan fingerprint density at radius 3 is 2.50 bits per heavy atom. The predicted octanol–water partition coefficient (Wildman–Crippen LogP) is 5.25. The quantitative estimate of drug-likeness (QED) is 0.442. The van der Waals surface area contributed by atoms with Gasteiger partial charge < -0.3 is 15.0 Å². The molecule has 0 atom stereocenters. The van der Waals surface area contributed by atoms with Crippen LogP contribution in [0.4, 0.5) is 11.4 Å². The van der Waals surface area contributed by atoms with Gasteiger partial charge >= 0.3 is 0 Å². The van der Waals surface area contributed by atoms with E-state index in [2.05, 4.69) is 26.6 Å². The molecule has 8 heteroatoms. The lowest BCUT2D eigenvalue weighted by atomic mass is 10.1. The SMILES string of the molecule is CCOc1ccc(Br)cc1C(=O)NC(=S)Nc1cccc(C(=O)N(C)c2ccccc2)c1. The van der Waals surface area contributed by atoms with E-state index in [0.29, 0.717) is 29.2 Å². The van der Waals surface area contributed by atoms with Gasteiger partial charge in [-0.05, 0) is 67.7 Å². The number of anilines is 2. The first-order valence-electron chi connectivity index (χ1n) is 9.87. The summed E-state index contributed by atoms with van der Waals surface area (Å²) < 4.78 is 6.28. The lowest BCUT2D eigenvalue weighted by Crippen LogP contribution is -2.34. The molecule has 0 aliphatic rings. The van der Waals surface area contributed by atoms with Crippen LogP contribution in [0.15, 0.2) is 77.3 Å². The van der Waals surface area contributed by atoms with Crippen LogP contribution in [-0.2, 0) is 0 Å². The molecule has 0 saturated carbocycles. The van der Waals surface area contributed by atoms with E-state index in [0.717, 1.165) is 10.2 Å². The number of para-hydroxylation sites is 1. The number of halogens is 1. The number of ether oxygens (including phenoxy) is 1. The Morgan fingerprint density at radius 1 is 1.03 bits per heavy atom. The summed E-state index contributed by atoms with van der Waals surface area (Å²) in [5, 5.41) is 5.72. The van der Waals surface area contributed by atoms with Crippen LogP contribution in [0.5, 0.6) is 5.75 Å². The van der Waals surface area contributed by atoms with Crippen molar-refractivity contribution in [2.75, 3.05) is 23.9 Å². The van der Waals surface area contributed by atoms with Crippen molar-refractivity contribution in [2.45, 2.75) is 6.92 Å². The molecule has 32 heavy (non-hydrogen) atoms. The molecule has 0 bridgehead atoms. The molecule has 3 rings (SSSR count). The van der Waals surface area contributed by atoms with Gasteiger partial charge in [-0.25, -0.2) is 0 Å². The summed E-state index contributed by atoms with van der Waals surface area (Å²) in [6.07, 6.45) is 0.